The quantitative estimate of drug-likeness (QED) is 0.904. The summed E-state index contributed by atoms with van der Waals surface area (Å²) in [7, 11) is 0. The summed E-state index contributed by atoms with van der Waals surface area (Å²) in [5, 5.41) is 9.36. The van der Waals surface area contributed by atoms with Gasteiger partial charge in [-0.05, 0) is 43.7 Å². The van der Waals surface area contributed by atoms with Gasteiger partial charge in [-0.15, -0.1) is 0 Å². The van der Waals surface area contributed by atoms with Crippen LogP contribution in [-0.2, 0) is 0 Å². The van der Waals surface area contributed by atoms with Gasteiger partial charge in [-0.3, -0.25) is 4.98 Å². The Morgan fingerprint density at radius 1 is 1.28 bits per heavy atom. The van der Waals surface area contributed by atoms with E-state index >= 15 is 0 Å². The summed E-state index contributed by atoms with van der Waals surface area (Å²) in [6, 6.07) is 7.86. The molecular formula is C14H14FNO2. The average molecular weight is 247 g/mol. The standard InChI is InChI=1S/C14H14FNO2/c1-9-13(4-3-7-16-9)18-14-6-5-11(10(2)17)8-12(14)15/h3-8,10,17H,1-2H3. The Morgan fingerprint density at radius 3 is 2.67 bits per heavy atom. The van der Waals surface area contributed by atoms with E-state index in [1.807, 2.05) is 0 Å². The normalized spacial score (nSPS) is 12.2. The molecule has 1 atom stereocenters. The monoisotopic (exact) mass is 247 g/mol. The van der Waals surface area contributed by atoms with Crippen LogP contribution in [0.5, 0.6) is 11.5 Å². The average Bonchev–Trinajstić information content (AvgIpc) is 2.34. The summed E-state index contributed by atoms with van der Waals surface area (Å²) < 4.78 is 19.2. The van der Waals surface area contributed by atoms with Crippen LogP contribution in [0.3, 0.4) is 0 Å². The summed E-state index contributed by atoms with van der Waals surface area (Å²) >= 11 is 0. The second-order valence-electron chi connectivity index (χ2n) is 4.05. The van der Waals surface area contributed by atoms with E-state index < -0.39 is 11.9 Å². The Hall–Kier alpha value is -1.94. The largest absolute Gasteiger partial charge is 0.452 e. The number of aliphatic hydroxyl groups excluding tert-OH is 1. The van der Waals surface area contributed by atoms with Crippen LogP contribution in [0.15, 0.2) is 36.5 Å². The first-order chi connectivity index (χ1) is 8.58. The molecule has 0 spiro atoms. The van der Waals surface area contributed by atoms with Crippen LogP contribution in [0.2, 0.25) is 0 Å². The zero-order valence-corrected chi connectivity index (χ0v) is 10.2. The predicted octanol–water partition coefficient (Wildman–Crippen LogP) is 3.37. The van der Waals surface area contributed by atoms with Gasteiger partial charge in [0.2, 0.25) is 0 Å². The Balaban J connectivity index is 2.28. The fourth-order valence-electron chi connectivity index (χ4n) is 1.56. The maximum atomic E-state index is 13.8. The molecule has 0 saturated carbocycles. The number of benzene rings is 1. The molecule has 0 fully saturated rings. The van der Waals surface area contributed by atoms with Crippen LogP contribution < -0.4 is 4.74 Å². The highest BCUT2D eigenvalue weighted by Crippen LogP contribution is 2.27. The van der Waals surface area contributed by atoms with Gasteiger partial charge < -0.3 is 9.84 Å². The fraction of sp³-hybridized carbons (Fsp3) is 0.214. The van der Waals surface area contributed by atoms with Crippen LogP contribution >= 0.6 is 0 Å². The molecule has 18 heavy (non-hydrogen) atoms. The zero-order chi connectivity index (χ0) is 13.1. The minimum absolute atomic E-state index is 0.121. The van der Waals surface area contributed by atoms with Crippen LogP contribution in [0.4, 0.5) is 4.39 Å². The smallest absolute Gasteiger partial charge is 0.166 e. The van der Waals surface area contributed by atoms with Crippen molar-refractivity contribution < 1.29 is 14.2 Å². The van der Waals surface area contributed by atoms with Crippen molar-refractivity contribution in [3.8, 4) is 11.5 Å². The molecule has 0 aliphatic rings. The molecule has 3 nitrogen and oxygen atoms in total. The molecule has 0 aliphatic carbocycles. The van der Waals surface area contributed by atoms with Crippen molar-refractivity contribution in [2.24, 2.45) is 0 Å². The van der Waals surface area contributed by atoms with Gasteiger partial charge in [0, 0.05) is 6.20 Å². The molecule has 2 rings (SSSR count). The van der Waals surface area contributed by atoms with Gasteiger partial charge in [-0.1, -0.05) is 6.07 Å². The molecule has 1 unspecified atom stereocenters. The molecule has 94 valence electrons. The molecule has 4 heteroatoms. The van der Waals surface area contributed by atoms with E-state index in [1.165, 1.54) is 12.1 Å². The number of pyridine rings is 1. The zero-order valence-electron chi connectivity index (χ0n) is 10.2. The summed E-state index contributed by atoms with van der Waals surface area (Å²) in [5.74, 6) is 0.133. The van der Waals surface area contributed by atoms with Gasteiger partial charge in [-0.25, -0.2) is 4.39 Å². The van der Waals surface area contributed by atoms with Crippen LogP contribution in [0.25, 0.3) is 0 Å². The minimum atomic E-state index is -0.700. The van der Waals surface area contributed by atoms with Crippen molar-refractivity contribution in [3.05, 3.63) is 53.6 Å². The molecule has 2 aromatic rings. The summed E-state index contributed by atoms with van der Waals surface area (Å²) in [4.78, 5) is 4.06. The summed E-state index contributed by atoms with van der Waals surface area (Å²) in [6.45, 7) is 3.37. The van der Waals surface area contributed by atoms with E-state index in [1.54, 1.807) is 38.2 Å². The SMILES string of the molecule is Cc1ncccc1Oc1ccc(C(C)O)cc1F. The van der Waals surface area contributed by atoms with Gasteiger partial charge in [-0.2, -0.15) is 0 Å². The number of ether oxygens (including phenoxy) is 1. The van der Waals surface area contributed by atoms with Crippen molar-refractivity contribution in [3.63, 3.8) is 0 Å². The predicted molar refractivity (Wildman–Crippen MR) is 66.1 cm³/mol. The molecule has 0 aliphatic heterocycles. The lowest BCUT2D eigenvalue weighted by Gasteiger charge is -2.10. The number of aromatic nitrogens is 1. The lowest BCUT2D eigenvalue weighted by Crippen LogP contribution is -1.96. The van der Waals surface area contributed by atoms with E-state index in [-0.39, 0.29) is 5.75 Å². The van der Waals surface area contributed by atoms with E-state index in [0.29, 0.717) is 17.0 Å². The molecule has 1 heterocycles. The van der Waals surface area contributed by atoms with Crippen molar-refractivity contribution in [2.75, 3.05) is 0 Å². The number of aliphatic hydroxyl groups is 1. The van der Waals surface area contributed by atoms with Crippen molar-refractivity contribution in [1.29, 1.82) is 0 Å². The highest BCUT2D eigenvalue weighted by atomic mass is 19.1. The van der Waals surface area contributed by atoms with Gasteiger partial charge in [0.15, 0.2) is 11.6 Å². The minimum Gasteiger partial charge on any atom is -0.452 e. The number of hydrogen-bond donors (Lipinski definition) is 1. The molecule has 0 radical (unpaired) electrons. The van der Waals surface area contributed by atoms with E-state index in [4.69, 9.17) is 4.74 Å². The third-order valence-corrected chi connectivity index (χ3v) is 2.62. The number of aryl methyl sites for hydroxylation is 1. The maximum absolute atomic E-state index is 13.8. The van der Waals surface area contributed by atoms with Gasteiger partial charge in [0.1, 0.15) is 5.75 Å². The molecule has 1 aromatic heterocycles. The molecule has 1 N–H and O–H groups in total. The highest BCUT2D eigenvalue weighted by Gasteiger charge is 2.10. The second-order valence-corrected chi connectivity index (χ2v) is 4.05. The lowest BCUT2D eigenvalue weighted by atomic mass is 10.1. The Kier molecular flexibility index (Phi) is 3.58. The molecular weight excluding hydrogens is 233 g/mol. The van der Waals surface area contributed by atoms with Crippen molar-refractivity contribution in [2.45, 2.75) is 20.0 Å². The first-order valence-electron chi connectivity index (χ1n) is 5.65. The topological polar surface area (TPSA) is 42.4 Å². The van der Waals surface area contributed by atoms with Crippen molar-refractivity contribution in [1.82, 2.24) is 4.98 Å². The maximum Gasteiger partial charge on any atom is 0.166 e. The summed E-state index contributed by atoms with van der Waals surface area (Å²) in [5.41, 5.74) is 1.21. The third-order valence-electron chi connectivity index (χ3n) is 2.62. The molecule has 0 amide bonds. The molecule has 0 saturated heterocycles. The first kappa shape index (κ1) is 12.5. The third kappa shape index (κ3) is 2.65. The van der Waals surface area contributed by atoms with Crippen LogP contribution in [-0.4, -0.2) is 10.1 Å². The fourth-order valence-corrected chi connectivity index (χ4v) is 1.56. The van der Waals surface area contributed by atoms with Crippen LogP contribution in [0.1, 0.15) is 24.3 Å². The van der Waals surface area contributed by atoms with Gasteiger partial charge in [0.05, 0.1) is 11.8 Å². The number of rotatable bonds is 3. The van der Waals surface area contributed by atoms with Crippen LogP contribution in [0, 0.1) is 12.7 Å². The molecule has 1 aromatic carbocycles. The Bertz CT molecular complexity index is 555. The van der Waals surface area contributed by atoms with E-state index in [2.05, 4.69) is 4.98 Å². The Labute approximate surface area is 105 Å². The first-order valence-corrected chi connectivity index (χ1v) is 5.65. The van der Waals surface area contributed by atoms with E-state index in [0.717, 1.165) is 0 Å². The number of halogens is 1. The Morgan fingerprint density at radius 2 is 2.06 bits per heavy atom. The van der Waals surface area contributed by atoms with Gasteiger partial charge >= 0.3 is 0 Å². The van der Waals surface area contributed by atoms with Gasteiger partial charge in [0.25, 0.3) is 0 Å². The summed E-state index contributed by atoms with van der Waals surface area (Å²) in [6.07, 6.45) is 0.948. The van der Waals surface area contributed by atoms with Crippen molar-refractivity contribution >= 4 is 0 Å². The lowest BCUT2D eigenvalue weighted by molar-refractivity contribution is 0.198. The molecule has 0 bridgehead atoms. The number of nitrogens with zero attached hydrogens (tertiary/aromatic N) is 1. The number of hydrogen-bond acceptors (Lipinski definition) is 3. The van der Waals surface area contributed by atoms with E-state index in [9.17, 15) is 9.50 Å². The highest BCUT2D eigenvalue weighted by molar-refractivity contribution is 5.36. The second kappa shape index (κ2) is 5.14.